The molecule has 4 heteroatoms. The zero-order valence-corrected chi connectivity index (χ0v) is 4.59. The predicted octanol–water partition coefficient (Wildman–Crippen LogP) is -0.717. The zero-order valence-electron chi connectivity index (χ0n) is 4.59. The Morgan fingerprint density at radius 3 is 1.88 bits per heavy atom. The minimum atomic E-state index is -2.26. The van der Waals surface area contributed by atoms with E-state index in [9.17, 15) is 4.39 Å². The maximum atomic E-state index is 12.3. The van der Waals surface area contributed by atoms with E-state index < -0.39 is 19.1 Å². The largest absolute Gasteiger partial charge is 0.390 e. The number of aliphatic hydroxyl groups excluding tert-OH is 2. The second-order valence-corrected chi connectivity index (χ2v) is 1.40. The topological polar surface area (TPSA) is 49.7 Å². The van der Waals surface area contributed by atoms with Crippen molar-refractivity contribution in [2.24, 2.45) is 0 Å². The van der Waals surface area contributed by atoms with Gasteiger partial charge in [-0.25, -0.2) is 4.39 Å². The molecule has 0 aromatic heterocycles. The Labute approximate surface area is 46.7 Å². The molecule has 50 valence electrons. The monoisotopic (exact) mass is 124 g/mol. The van der Waals surface area contributed by atoms with Crippen molar-refractivity contribution in [3.8, 4) is 0 Å². The molecule has 0 heterocycles. The van der Waals surface area contributed by atoms with E-state index in [4.69, 9.17) is 10.2 Å². The summed E-state index contributed by atoms with van der Waals surface area (Å²) in [6.07, 6.45) is 0. The molecule has 0 fully saturated rings. The normalized spacial score (nSPS) is 12.0. The molecule has 0 saturated carbocycles. The minimum Gasteiger partial charge on any atom is -0.390 e. The van der Waals surface area contributed by atoms with Crippen LogP contribution in [0.25, 0.3) is 0 Å². The van der Waals surface area contributed by atoms with Gasteiger partial charge in [0.05, 0.1) is 0 Å². The second kappa shape index (κ2) is 2.96. The third kappa shape index (κ3) is 1.73. The van der Waals surface area contributed by atoms with E-state index in [2.05, 4.69) is 4.74 Å². The summed E-state index contributed by atoms with van der Waals surface area (Å²) in [6.45, 7) is -1.64. The Balaban J connectivity index is 3.58. The Bertz CT molecular complexity index is 54.0. The second-order valence-electron chi connectivity index (χ2n) is 1.40. The van der Waals surface area contributed by atoms with Crippen molar-refractivity contribution >= 4 is 0 Å². The van der Waals surface area contributed by atoms with Crippen molar-refractivity contribution in [3.63, 3.8) is 0 Å². The number of hydrogen-bond donors (Lipinski definition) is 2. The molecule has 0 aliphatic carbocycles. The standard InChI is InChI=1S/C4H9FO3/c1-8-4(5,2-6)3-7/h6-7H,2-3H2,1H3. The third-order valence-corrected chi connectivity index (χ3v) is 0.838. The first-order chi connectivity index (χ1) is 3.68. The smallest absolute Gasteiger partial charge is 0.255 e. The molecule has 0 aromatic carbocycles. The summed E-state index contributed by atoms with van der Waals surface area (Å²) in [5, 5.41) is 16.3. The van der Waals surface area contributed by atoms with Crippen molar-refractivity contribution < 1.29 is 19.3 Å². The zero-order chi connectivity index (χ0) is 6.62. The molecule has 0 amide bonds. The van der Waals surface area contributed by atoms with Gasteiger partial charge in [-0.05, 0) is 0 Å². The van der Waals surface area contributed by atoms with Crippen LogP contribution < -0.4 is 0 Å². The van der Waals surface area contributed by atoms with Gasteiger partial charge in [0.1, 0.15) is 13.2 Å². The fourth-order valence-electron chi connectivity index (χ4n) is 0.179. The molecule has 0 rings (SSSR count). The van der Waals surface area contributed by atoms with E-state index in [1.807, 2.05) is 0 Å². The molecule has 0 aliphatic heterocycles. The van der Waals surface area contributed by atoms with Gasteiger partial charge >= 0.3 is 0 Å². The number of aliphatic hydroxyl groups is 2. The van der Waals surface area contributed by atoms with Crippen molar-refractivity contribution in [2.45, 2.75) is 5.85 Å². The van der Waals surface area contributed by atoms with E-state index in [1.54, 1.807) is 0 Å². The summed E-state index contributed by atoms with van der Waals surface area (Å²) in [7, 11) is 1.08. The van der Waals surface area contributed by atoms with Gasteiger partial charge in [0.15, 0.2) is 0 Å². The molecular weight excluding hydrogens is 115 g/mol. The number of ether oxygens (including phenoxy) is 1. The van der Waals surface area contributed by atoms with Crippen LogP contribution in [-0.4, -0.2) is 36.4 Å². The lowest BCUT2D eigenvalue weighted by atomic mass is 10.4. The van der Waals surface area contributed by atoms with Crippen molar-refractivity contribution in [2.75, 3.05) is 20.3 Å². The van der Waals surface area contributed by atoms with E-state index in [0.717, 1.165) is 7.11 Å². The molecule has 0 atom stereocenters. The summed E-state index contributed by atoms with van der Waals surface area (Å²) >= 11 is 0. The third-order valence-electron chi connectivity index (χ3n) is 0.838. The highest BCUT2D eigenvalue weighted by Crippen LogP contribution is 2.07. The van der Waals surface area contributed by atoms with Gasteiger partial charge in [0, 0.05) is 7.11 Å². The molecule has 0 spiro atoms. The number of methoxy groups -OCH3 is 1. The van der Waals surface area contributed by atoms with Crippen LogP contribution in [0.4, 0.5) is 4.39 Å². The van der Waals surface area contributed by atoms with Crippen molar-refractivity contribution in [3.05, 3.63) is 0 Å². The molecule has 0 aliphatic rings. The Morgan fingerprint density at radius 2 is 1.88 bits per heavy atom. The lowest BCUT2D eigenvalue weighted by Gasteiger charge is -2.16. The fraction of sp³-hybridized carbons (Fsp3) is 1.00. The Morgan fingerprint density at radius 1 is 1.50 bits per heavy atom. The molecule has 0 radical (unpaired) electrons. The molecule has 0 aromatic rings. The van der Waals surface area contributed by atoms with Gasteiger partial charge in [-0.3, -0.25) is 0 Å². The lowest BCUT2D eigenvalue weighted by Crippen LogP contribution is -2.34. The van der Waals surface area contributed by atoms with Crippen LogP contribution in [0.1, 0.15) is 0 Å². The SMILES string of the molecule is COC(F)(CO)CO. The molecule has 2 N–H and O–H groups in total. The molecular formula is C4H9FO3. The highest BCUT2D eigenvalue weighted by Gasteiger charge is 2.26. The summed E-state index contributed by atoms with van der Waals surface area (Å²) < 4.78 is 16.3. The fourth-order valence-corrected chi connectivity index (χ4v) is 0.179. The summed E-state index contributed by atoms with van der Waals surface area (Å²) in [6, 6.07) is 0. The number of halogens is 1. The van der Waals surface area contributed by atoms with E-state index >= 15 is 0 Å². The van der Waals surface area contributed by atoms with Gasteiger partial charge < -0.3 is 14.9 Å². The summed E-state index contributed by atoms with van der Waals surface area (Å²) in [5.41, 5.74) is 0. The van der Waals surface area contributed by atoms with Crippen LogP contribution in [0.2, 0.25) is 0 Å². The van der Waals surface area contributed by atoms with E-state index in [-0.39, 0.29) is 0 Å². The van der Waals surface area contributed by atoms with Crippen LogP contribution in [0.5, 0.6) is 0 Å². The predicted molar refractivity (Wildman–Crippen MR) is 25.0 cm³/mol. The average molecular weight is 124 g/mol. The first kappa shape index (κ1) is 7.81. The molecule has 8 heavy (non-hydrogen) atoms. The summed E-state index contributed by atoms with van der Waals surface area (Å²) in [4.78, 5) is 0. The highest BCUT2D eigenvalue weighted by molar-refractivity contribution is 4.61. The van der Waals surface area contributed by atoms with Crippen LogP contribution in [0, 0.1) is 0 Å². The highest BCUT2D eigenvalue weighted by atomic mass is 19.2. The minimum absolute atomic E-state index is 0.819. The van der Waals surface area contributed by atoms with Crippen LogP contribution >= 0.6 is 0 Å². The molecule has 0 bridgehead atoms. The molecule has 3 nitrogen and oxygen atoms in total. The van der Waals surface area contributed by atoms with Gasteiger partial charge in [-0.1, -0.05) is 0 Å². The molecule has 0 saturated heterocycles. The lowest BCUT2D eigenvalue weighted by molar-refractivity contribution is -0.174. The van der Waals surface area contributed by atoms with Gasteiger partial charge in [-0.2, -0.15) is 0 Å². The average Bonchev–Trinajstić information content (AvgIpc) is 1.87. The number of alkyl halides is 1. The number of rotatable bonds is 3. The van der Waals surface area contributed by atoms with Crippen molar-refractivity contribution in [1.29, 1.82) is 0 Å². The maximum Gasteiger partial charge on any atom is 0.255 e. The van der Waals surface area contributed by atoms with Gasteiger partial charge in [0.2, 0.25) is 0 Å². The quantitative estimate of drug-likeness (QED) is 0.522. The number of hydrogen-bond acceptors (Lipinski definition) is 3. The first-order valence-electron chi connectivity index (χ1n) is 2.14. The van der Waals surface area contributed by atoms with Crippen molar-refractivity contribution in [1.82, 2.24) is 0 Å². The first-order valence-corrected chi connectivity index (χ1v) is 2.14. The van der Waals surface area contributed by atoms with Crippen LogP contribution in [0.15, 0.2) is 0 Å². The van der Waals surface area contributed by atoms with Gasteiger partial charge in [0.25, 0.3) is 5.85 Å². The maximum absolute atomic E-state index is 12.3. The Hall–Kier alpha value is -0.190. The molecule has 0 unspecified atom stereocenters. The summed E-state index contributed by atoms with van der Waals surface area (Å²) in [5.74, 6) is -2.26. The van der Waals surface area contributed by atoms with E-state index in [0.29, 0.717) is 0 Å². The van der Waals surface area contributed by atoms with Gasteiger partial charge in [-0.15, -0.1) is 0 Å². The van der Waals surface area contributed by atoms with Crippen LogP contribution in [-0.2, 0) is 4.74 Å². The van der Waals surface area contributed by atoms with Crippen LogP contribution in [0.3, 0.4) is 0 Å². The Kier molecular flexibility index (Phi) is 2.89. The van der Waals surface area contributed by atoms with E-state index in [1.165, 1.54) is 0 Å².